The zero-order chi connectivity index (χ0) is 22.6. The second-order valence-corrected chi connectivity index (χ2v) is 9.57. The molecule has 0 spiro atoms. The molecule has 0 aliphatic heterocycles. The number of hydrogen-bond donors (Lipinski definition) is 1. The highest BCUT2D eigenvalue weighted by molar-refractivity contribution is 7.92. The van der Waals surface area contributed by atoms with Crippen LogP contribution in [0.4, 0.5) is 11.4 Å². The van der Waals surface area contributed by atoms with E-state index < -0.39 is 15.9 Å². The first kappa shape index (κ1) is 22.8. The second-order valence-electron chi connectivity index (χ2n) is 7.27. The first-order valence-corrected chi connectivity index (χ1v) is 11.8. The van der Waals surface area contributed by atoms with Crippen molar-refractivity contribution in [1.29, 1.82) is 0 Å². The summed E-state index contributed by atoms with van der Waals surface area (Å²) in [6.07, 6.45) is 0.747. The maximum Gasteiger partial charge on any atom is 0.264 e. The number of para-hydroxylation sites is 1. The smallest absolute Gasteiger partial charge is 0.264 e. The van der Waals surface area contributed by atoms with E-state index in [0.29, 0.717) is 16.3 Å². The summed E-state index contributed by atoms with van der Waals surface area (Å²) in [4.78, 5) is 13.1. The predicted octanol–water partition coefficient (Wildman–Crippen LogP) is 5.35. The zero-order valence-electron chi connectivity index (χ0n) is 17.7. The Kier molecular flexibility index (Phi) is 7.03. The number of amides is 1. The second kappa shape index (κ2) is 9.54. The van der Waals surface area contributed by atoms with Gasteiger partial charge in [0.2, 0.25) is 5.91 Å². The van der Waals surface area contributed by atoms with E-state index >= 15 is 0 Å². The highest BCUT2D eigenvalue weighted by atomic mass is 35.5. The van der Waals surface area contributed by atoms with Crippen LogP contribution in [-0.4, -0.2) is 20.9 Å². The lowest BCUT2D eigenvalue weighted by Gasteiger charge is -2.26. The molecule has 31 heavy (non-hydrogen) atoms. The summed E-state index contributed by atoms with van der Waals surface area (Å²) in [7, 11) is -3.99. The average molecular weight is 457 g/mol. The Morgan fingerprint density at radius 3 is 2.35 bits per heavy atom. The molecule has 5 nitrogen and oxygen atoms in total. The molecule has 3 aromatic carbocycles. The lowest BCUT2D eigenvalue weighted by Crippen LogP contribution is -2.38. The molecule has 1 N–H and O–H groups in total. The molecular formula is C24H25ClN2O3S. The average Bonchev–Trinajstić information content (AvgIpc) is 2.76. The third kappa shape index (κ3) is 5.09. The molecule has 0 aliphatic carbocycles. The van der Waals surface area contributed by atoms with Crippen LogP contribution < -0.4 is 9.62 Å². The Labute approximate surface area is 188 Å². The van der Waals surface area contributed by atoms with Crippen LogP contribution in [0.15, 0.2) is 71.6 Å². The predicted molar refractivity (Wildman–Crippen MR) is 126 cm³/mol. The molecule has 0 aromatic heterocycles. The van der Waals surface area contributed by atoms with Crippen molar-refractivity contribution >= 4 is 38.9 Å². The van der Waals surface area contributed by atoms with Crippen molar-refractivity contribution in [3.05, 3.63) is 88.4 Å². The van der Waals surface area contributed by atoms with Crippen LogP contribution in [-0.2, 0) is 21.2 Å². The standard InChI is InChI=1S/C24H25ClN2O3S/c1-4-19-10-8-9-18(3)24(19)26-23(28)16-27(22-15-20(25)14-13-17(22)2)31(29,30)21-11-6-5-7-12-21/h5-15H,4,16H2,1-3H3,(H,26,28). The number of halogens is 1. The van der Waals surface area contributed by atoms with Gasteiger partial charge in [0.25, 0.3) is 10.0 Å². The number of aryl methyl sites for hydroxylation is 3. The zero-order valence-corrected chi connectivity index (χ0v) is 19.3. The van der Waals surface area contributed by atoms with Crippen LogP contribution in [0, 0.1) is 13.8 Å². The summed E-state index contributed by atoms with van der Waals surface area (Å²) >= 11 is 6.16. The van der Waals surface area contributed by atoms with Gasteiger partial charge in [-0.2, -0.15) is 0 Å². The molecule has 0 atom stereocenters. The summed E-state index contributed by atoms with van der Waals surface area (Å²) in [5, 5.41) is 3.30. The highest BCUT2D eigenvalue weighted by Crippen LogP contribution is 2.30. The van der Waals surface area contributed by atoms with Crippen molar-refractivity contribution in [2.24, 2.45) is 0 Å². The molecule has 0 saturated heterocycles. The SMILES string of the molecule is CCc1cccc(C)c1NC(=O)CN(c1cc(Cl)ccc1C)S(=O)(=O)c1ccccc1. The van der Waals surface area contributed by atoms with E-state index in [9.17, 15) is 13.2 Å². The number of sulfonamides is 1. The highest BCUT2D eigenvalue weighted by Gasteiger charge is 2.28. The molecule has 7 heteroatoms. The maximum atomic E-state index is 13.5. The summed E-state index contributed by atoms with van der Waals surface area (Å²) < 4.78 is 28.1. The Morgan fingerprint density at radius 1 is 0.968 bits per heavy atom. The Hall–Kier alpha value is -2.83. The van der Waals surface area contributed by atoms with Gasteiger partial charge in [0.1, 0.15) is 6.54 Å². The van der Waals surface area contributed by atoms with Gasteiger partial charge in [-0.1, -0.05) is 61.0 Å². The number of carbonyl (C=O) groups is 1. The number of hydrogen-bond acceptors (Lipinski definition) is 3. The largest absolute Gasteiger partial charge is 0.324 e. The van der Waals surface area contributed by atoms with Crippen LogP contribution in [0.5, 0.6) is 0 Å². The molecule has 0 unspecified atom stereocenters. The van der Waals surface area contributed by atoms with E-state index in [2.05, 4.69) is 5.32 Å². The van der Waals surface area contributed by atoms with Crippen LogP contribution in [0.25, 0.3) is 0 Å². The molecule has 0 fully saturated rings. The van der Waals surface area contributed by atoms with Crippen molar-refractivity contribution in [2.45, 2.75) is 32.1 Å². The number of anilines is 2. The van der Waals surface area contributed by atoms with Gasteiger partial charge in [-0.3, -0.25) is 9.10 Å². The van der Waals surface area contributed by atoms with Gasteiger partial charge in [0, 0.05) is 10.7 Å². The first-order chi connectivity index (χ1) is 14.7. The van der Waals surface area contributed by atoms with E-state index in [-0.39, 0.29) is 11.4 Å². The number of rotatable bonds is 7. The monoisotopic (exact) mass is 456 g/mol. The lowest BCUT2D eigenvalue weighted by atomic mass is 10.1. The minimum absolute atomic E-state index is 0.104. The van der Waals surface area contributed by atoms with Crippen molar-refractivity contribution in [3.8, 4) is 0 Å². The maximum absolute atomic E-state index is 13.5. The fraction of sp³-hybridized carbons (Fsp3) is 0.208. The van der Waals surface area contributed by atoms with E-state index in [0.717, 1.165) is 27.5 Å². The number of nitrogens with zero attached hydrogens (tertiary/aromatic N) is 1. The van der Waals surface area contributed by atoms with Gasteiger partial charge in [0.05, 0.1) is 10.6 Å². The summed E-state index contributed by atoms with van der Waals surface area (Å²) in [6.45, 7) is 5.32. The minimum atomic E-state index is -3.99. The Bertz CT molecular complexity index is 1190. The summed E-state index contributed by atoms with van der Waals surface area (Å²) in [5.41, 5.74) is 3.69. The van der Waals surface area contributed by atoms with Crippen LogP contribution in [0.1, 0.15) is 23.6 Å². The van der Waals surface area contributed by atoms with Crippen molar-refractivity contribution in [3.63, 3.8) is 0 Å². The van der Waals surface area contributed by atoms with Gasteiger partial charge in [-0.15, -0.1) is 0 Å². The Morgan fingerprint density at radius 2 is 1.68 bits per heavy atom. The first-order valence-electron chi connectivity index (χ1n) is 9.96. The van der Waals surface area contributed by atoms with Gasteiger partial charge in [0.15, 0.2) is 0 Å². The molecule has 0 saturated carbocycles. The van der Waals surface area contributed by atoms with Gasteiger partial charge >= 0.3 is 0 Å². The van der Waals surface area contributed by atoms with Crippen LogP contribution in [0.3, 0.4) is 0 Å². The quantitative estimate of drug-likeness (QED) is 0.520. The van der Waals surface area contributed by atoms with Crippen LogP contribution in [0.2, 0.25) is 5.02 Å². The van der Waals surface area contributed by atoms with E-state index in [1.54, 1.807) is 43.3 Å². The van der Waals surface area contributed by atoms with E-state index in [1.807, 2.05) is 32.0 Å². The topological polar surface area (TPSA) is 66.5 Å². The Balaban J connectivity index is 2.02. The van der Waals surface area contributed by atoms with Crippen molar-refractivity contribution in [1.82, 2.24) is 0 Å². The third-order valence-electron chi connectivity index (χ3n) is 5.06. The van der Waals surface area contributed by atoms with Crippen molar-refractivity contribution < 1.29 is 13.2 Å². The molecule has 3 aromatic rings. The van der Waals surface area contributed by atoms with Crippen molar-refractivity contribution in [2.75, 3.05) is 16.2 Å². The third-order valence-corrected chi connectivity index (χ3v) is 7.07. The fourth-order valence-electron chi connectivity index (χ4n) is 3.38. The molecule has 0 aliphatic rings. The fourth-order valence-corrected chi connectivity index (χ4v) is 5.05. The minimum Gasteiger partial charge on any atom is -0.324 e. The number of nitrogens with one attached hydrogen (secondary N) is 1. The number of carbonyl (C=O) groups excluding carboxylic acids is 1. The van der Waals surface area contributed by atoms with E-state index in [4.69, 9.17) is 11.6 Å². The normalized spacial score (nSPS) is 11.2. The lowest BCUT2D eigenvalue weighted by molar-refractivity contribution is -0.114. The number of benzene rings is 3. The van der Waals surface area contributed by atoms with Gasteiger partial charge in [-0.25, -0.2) is 8.42 Å². The molecular weight excluding hydrogens is 432 g/mol. The molecule has 0 bridgehead atoms. The van der Waals surface area contributed by atoms with Gasteiger partial charge in [-0.05, 0) is 61.2 Å². The molecule has 162 valence electrons. The summed E-state index contributed by atoms with van der Waals surface area (Å²) in [6, 6.07) is 18.8. The molecule has 3 rings (SSSR count). The molecule has 0 heterocycles. The van der Waals surface area contributed by atoms with Gasteiger partial charge < -0.3 is 5.32 Å². The van der Waals surface area contributed by atoms with Crippen LogP contribution >= 0.6 is 11.6 Å². The summed E-state index contributed by atoms with van der Waals surface area (Å²) in [5.74, 6) is -0.428. The molecule has 1 amide bonds. The van der Waals surface area contributed by atoms with E-state index in [1.165, 1.54) is 12.1 Å². The molecule has 0 radical (unpaired) electrons.